The molecule has 3 heterocycles. The highest BCUT2D eigenvalue weighted by Crippen LogP contribution is 2.17. The molecule has 0 radical (unpaired) electrons. The highest BCUT2D eigenvalue weighted by Gasteiger charge is 2.17. The number of anilines is 1. The Morgan fingerprint density at radius 1 is 1.25 bits per heavy atom. The van der Waals surface area contributed by atoms with Crippen molar-refractivity contribution in [3.05, 3.63) is 48.3 Å². The van der Waals surface area contributed by atoms with E-state index < -0.39 is 5.95 Å². The van der Waals surface area contributed by atoms with E-state index in [2.05, 4.69) is 20.4 Å². The number of aromatic nitrogens is 4. The second-order valence-electron chi connectivity index (χ2n) is 4.17. The van der Waals surface area contributed by atoms with Gasteiger partial charge < -0.3 is 5.32 Å². The Morgan fingerprint density at radius 3 is 2.75 bits per heavy atom. The average molecular weight is 271 g/mol. The Balaban J connectivity index is 2.00. The van der Waals surface area contributed by atoms with E-state index in [0.717, 1.165) is 0 Å². The number of aryl methyl sites for hydroxylation is 1. The molecule has 0 aliphatic carbocycles. The fourth-order valence-corrected chi connectivity index (χ4v) is 1.90. The van der Waals surface area contributed by atoms with E-state index in [-0.39, 0.29) is 11.6 Å². The highest BCUT2D eigenvalue weighted by atomic mass is 19.1. The molecule has 3 aromatic rings. The Morgan fingerprint density at radius 2 is 2.00 bits per heavy atom. The van der Waals surface area contributed by atoms with E-state index in [1.165, 1.54) is 16.8 Å². The fourth-order valence-electron chi connectivity index (χ4n) is 1.90. The maximum absolute atomic E-state index is 13.1. The van der Waals surface area contributed by atoms with Gasteiger partial charge in [-0.2, -0.15) is 14.5 Å². The number of fused-ring (bicyclic) bond motifs is 1. The first-order valence-corrected chi connectivity index (χ1v) is 5.86. The van der Waals surface area contributed by atoms with Crippen LogP contribution in [-0.2, 0) is 7.05 Å². The molecule has 20 heavy (non-hydrogen) atoms. The van der Waals surface area contributed by atoms with Gasteiger partial charge in [-0.25, -0.2) is 4.68 Å². The van der Waals surface area contributed by atoms with E-state index >= 15 is 0 Å². The van der Waals surface area contributed by atoms with Crippen LogP contribution in [0.2, 0.25) is 0 Å². The molecule has 3 aromatic heterocycles. The first-order valence-electron chi connectivity index (χ1n) is 5.86. The quantitative estimate of drug-likeness (QED) is 0.721. The lowest BCUT2D eigenvalue weighted by molar-refractivity contribution is 0.102. The predicted molar refractivity (Wildman–Crippen MR) is 70.7 cm³/mol. The van der Waals surface area contributed by atoms with Crippen LogP contribution in [0.25, 0.3) is 11.0 Å². The van der Waals surface area contributed by atoms with Crippen molar-refractivity contribution in [2.75, 3.05) is 5.32 Å². The number of nitrogens with zero attached hydrogens (tertiary/aromatic N) is 4. The van der Waals surface area contributed by atoms with E-state index in [4.69, 9.17) is 0 Å². The fraction of sp³-hybridized carbons (Fsp3) is 0.0769. The standard InChI is InChI=1S/C13H10FN5O/c1-19-12-9(2-3-10(14)17-12)11(18-19)13(20)16-8-4-6-15-7-5-8/h2-7H,1H3,(H,15,16,20). The molecule has 3 rings (SSSR count). The van der Waals surface area contributed by atoms with Crippen LogP contribution < -0.4 is 5.32 Å². The van der Waals surface area contributed by atoms with Gasteiger partial charge >= 0.3 is 0 Å². The van der Waals surface area contributed by atoms with Crippen molar-refractivity contribution < 1.29 is 9.18 Å². The lowest BCUT2D eigenvalue weighted by Crippen LogP contribution is -2.13. The second-order valence-corrected chi connectivity index (χ2v) is 4.17. The van der Waals surface area contributed by atoms with Crippen molar-refractivity contribution in [3.63, 3.8) is 0 Å². The maximum Gasteiger partial charge on any atom is 0.276 e. The van der Waals surface area contributed by atoms with Crippen LogP contribution in [-0.4, -0.2) is 25.7 Å². The van der Waals surface area contributed by atoms with E-state index in [9.17, 15) is 9.18 Å². The van der Waals surface area contributed by atoms with Crippen molar-refractivity contribution >= 4 is 22.6 Å². The lowest BCUT2D eigenvalue weighted by atomic mass is 10.2. The summed E-state index contributed by atoms with van der Waals surface area (Å²) in [4.78, 5) is 19.8. The van der Waals surface area contributed by atoms with Crippen molar-refractivity contribution in [1.29, 1.82) is 0 Å². The summed E-state index contributed by atoms with van der Waals surface area (Å²) >= 11 is 0. The number of carbonyl (C=O) groups is 1. The third-order valence-electron chi connectivity index (χ3n) is 2.81. The number of hydrogen-bond acceptors (Lipinski definition) is 4. The molecule has 1 amide bonds. The molecule has 0 spiro atoms. The maximum atomic E-state index is 13.1. The molecule has 7 heteroatoms. The third-order valence-corrected chi connectivity index (χ3v) is 2.81. The minimum Gasteiger partial charge on any atom is -0.320 e. The van der Waals surface area contributed by atoms with Crippen molar-refractivity contribution in [2.45, 2.75) is 0 Å². The van der Waals surface area contributed by atoms with Crippen LogP contribution >= 0.6 is 0 Å². The molecule has 0 unspecified atom stereocenters. The summed E-state index contributed by atoms with van der Waals surface area (Å²) in [6, 6.07) is 6.03. The second kappa shape index (κ2) is 4.69. The first-order chi connectivity index (χ1) is 9.65. The number of amides is 1. The summed E-state index contributed by atoms with van der Waals surface area (Å²) in [6.45, 7) is 0. The zero-order valence-electron chi connectivity index (χ0n) is 10.5. The minimum atomic E-state index is -0.610. The Kier molecular flexibility index (Phi) is 2.86. The smallest absolute Gasteiger partial charge is 0.276 e. The molecule has 0 saturated heterocycles. The van der Waals surface area contributed by atoms with Crippen LogP contribution in [0.5, 0.6) is 0 Å². The summed E-state index contributed by atoms with van der Waals surface area (Å²) in [5, 5.41) is 7.29. The number of nitrogens with one attached hydrogen (secondary N) is 1. The molecule has 0 aliphatic heterocycles. The lowest BCUT2D eigenvalue weighted by Gasteiger charge is -2.02. The predicted octanol–water partition coefficient (Wildman–Crippen LogP) is 1.75. The van der Waals surface area contributed by atoms with Gasteiger partial charge in [0, 0.05) is 25.1 Å². The van der Waals surface area contributed by atoms with Crippen LogP contribution in [0.15, 0.2) is 36.7 Å². The monoisotopic (exact) mass is 271 g/mol. The molecular formula is C13H10FN5O. The third kappa shape index (κ3) is 2.09. The summed E-state index contributed by atoms with van der Waals surface area (Å²) in [7, 11) is 1.61. The van der Waals surface area contributed by atoms with Gasteiger partial charge in [0.15, 0.2) is 11.3 Å². The van der Waals surface area contributed by atoms with Crippen LogP contribution in [0.4, 0.5) is 10.1 Å². The number of pyridine rings is 2. The van der Waals surface area contributed by atoms with Crippen LogP contribution in [0.1, 0.15) is 10.5 Å². The molecule has 0 saturated carbocycles. The molecule has 6 nitrogen and oxygen atoms in total. The van der Waals surface area contributed by atoms with Gasteiger partial charge in [-0.05, 0) is 24.3 Å². The molecule has 0 atom stereocenters. The Hall–Kier alpha value is -2.83. The van der Waals surface area contributed by atoms with Gasteiger partial charge in [-0.3, -0.25) is 9.78 Å². The van der Waals surface area contributed by atoms with Gasteiger partial charge in [-0.15, -0.1) is 0 Å². The molecule has 0 fully saturated rings. The largest absolute Gasteiger partial charge is 0.320 e. The first kappa shape index (κ1) is 12.2. The van der Waals surface area contributed by atoms with Crippen molar-refractivity contribution in [1.82, 2.24) is 19.7 Å². The Bertz CT molecular complexity index is 784. The van der Waals surface area contributed by atoms with Crippen LogP contribution in [0, 0.1) is 5.95 Å². The van der Waals surface area contributed by atoms with Gasteiger partial charge in [-0.1, -0.05) is 0 Å². The van der Waals surface area contributed by atoms with Crippen molar-refractivity contribution in [3.8, 4) is 0 Å². The van der Waals surface area contributed by atoms with Gasteiger partial charge in [0.2, 0.25) is 5.95 Å². The molecule has 1 N–H and O–H groups in total. The zero-order valence-corrected chi connectivity index (χ0v) is 10.5. The normalized spacial score (nSPS) is 10.7. The number of carbonyl (C=O) groups excluding carboxylic acids is 1. The van der Waals surface area contributed by atoms with E-state index in [1.807, 2.05) is 0 Å². The Labute approximate surface area is 113 Å². The van der Waals surface area contributed by atoms with Crippen molar-refractivity contribution in [2.24, 2.45) is 7.05 Å². The SMILES string of the molecule is Cn1nc(C(=O)Nc2ccncc2)c2ccc(F)nc21. The molecule has 0 aliphatic rings. The zero-order chi connectivity index (χ0) is 14.1. The molecular weight excluding hydrogens is 261 g/mol. The molecule has 0 aromatic carbocycles. The van der Waals surface area contributed by atoms with Crippen LogP contribution in [0.3, 0.4) is 0 Å². The summed E-state index contributed by atoms with van der Waals surface area (Å²) < 4.78 is 14.5. The summed E-state index contributed by atoms with van der Waals surface area (Å²) in [5.41, 5.74) is 1.13. The van der Waals surface area contributed by atoms with E-state index in [0.29, 0.717) is 16.7 Å². The highest BCUT2D eigenvalue weighted by molar-refractivity contribution is 6.10. The number of rotatable bonds is 2. The molecule has 100 valence electrons. The minimum absolute atomic E-state index is 0.201. The summed E-state index contributed by atoms with van der Waals surface area (Å²) in [5.74, 6) is -0.989. The average Bonchev–Trinajstić information content (AvgIpc) is 2.77. The van der Waals surface area contributed by atoms with E-state index in [1.54, 1.807) is 31.6 Å². The number of halogens is 1. The van der Waals surface area contributed by atoms with Gasteiger partial charge in [0.05, 0.1) is 5.39 Å². The molecule has 0 bridgehead atoms. The summed E-state index contributed by atoms with van der Waals surface area (Å²) in [6.07, 6.45) is 3.14. The van der Waals surface area contributed by atoms with Gasteiger partial charge in [0.1, 0.15) is 0 Å². The van der Waals surface area contributed by atoms with Gasteiger partial charge in [0.25, 0.3) is 5.91 Å². The number of hydrogen-bond donors (Lipinski definition) is 1. The topological polar surface area (TPSA) is 72.7 Å².